The van der Waals surface area contributed by atoms with E-state index in [0.717, 1.165) is 47.8 Å². The molecule has 45 heavy (non-hydrogen) atoms. The van der Waals surface area contributed by atoms with Crippen molar-refractivity contribution in [3.8, 4) is 0 Å². The molecule has 0 unspecified atom stereocenters. The normalized spacial score (nSPS) is 15.4. The number of nitrogens with two attached hydrogens (primary N) is 3. The Balaban J connectivity index is 1.51. The number of carbonyl (C=O) groups is 4. The number of aliphatic imine (C=N–C) groups is 1. The van der Waals surface area contributed by atoms with Crippen LogP contribution < -0.4 is 33.2 Å². The number of hydrogen-bond donors (Lipinski definition) is 6. The smallest absolute Gasteiger partial charge is 0.262 e. The number of carbonyl (C=O) groups excluding carboxylic acids is 4. The number of fused-ring (bicyclic) bond motifs is 1. The number of rotatable bonds is 15. The molecule has 0 spiro atoms. The average Bonchev–Trinajstić information content (AvgIpc) is 3.47. The molecule has 0 saturated heterocycles. The number of amides is 4. The second-order valence-electron chi connectivity index (χ2n) is 11.6. The Labute approximate surface area is 267 Å². The highest BCUT2D eigenvalue weighted by molar-refractivity contribution is 7.20. The molecule has 1 saturated carbocycles. The SMILES string of the molecule is NC(=O)[C@H](Cc1ccccc1)NC(=O)[C@H](CCCN=C(N)N)NC(=O)[C@H](CC1CCCCC1)NC(=O)c1cc2ccccc2s1. The van der Waals surface area contributed by atoms with Crippen LogP contribution in [0.2, 0.25) is 0 Å². The van der Waals surface area contributed by atoms with Crippen LogP contribution in [0.5, 0.6) is 0 Å². The van der Waals surface area contributed by atoms with Crippen molar-refractivity contribution in [3.05, 3.63) is 71.1 Å². The number of primary amides is 1. The van der Waals surface area contributed by atoms with Crippen molar-refractivity contribution in [2.24, 2.45) is 28.1 Å². The Morgan fingerprint density at radius 2 is 1.49 bits per heavy atom. The van der Waals surface area contributed by atoms with Gasteiger partial charge in [-0.3, -0.25) is 24.2 Å². The third-order valence-electron chi connectivity index (χ3n) is 8.09. The molecule has 12 heteroatoms. The van der Waals surface area contributed by atoms with Gasteiger partial charge in [-0.1, -0.05) is 80.6 Å². The van der Waals surface area contributed by atoms with Gasteiger partial charge >= 0.3 is 0 Å². The monoisotopic (exact) mass is 633 g/mol. The lowest BCUT2D eigenvalue weighted by molar-refractivity contribution is -0.132. The van der Waals surface area contributed by atoms with Crippen LogP contribution in [0.1, 0.15) is 66.6 Å². The highest BCUT2D eigenvalue weighted by Gasteiger charge is 2.31. The first-order valence-electron chi connectivity index (χ1n) is 15.5. The summed E-state index contributed by atoms with van der Waals surface area (Å²) in [6.07, 6.45) is 6.51. The minimum atomic E-state index is -1.01. The van der Waals surface area contributed by atoms with Crippen LogP contribution in [0.25, 0.3) is 10.1 Å². The topological polar surface area (TPSA) is 195 Å². The second kappa shape index (κ2) is 16.6. The van der Waals surface area contributed by atoms with E-state index < -0.39 is 35.8 Å². The number of thiophene rings is 1. The number of hydrogen-bond acceptors (Lipinski definition) is 6. The zero-order valence-electron chi connectivity index (χ0n) is 25.4. The van der Waals surface area contributed by atoms with Crippen LogP contribution >= 0.6 is 11.3 Å². The summed E-state index contributed by atoms with van der Waals surface area (Å²) in [5.74, 6) is -1.85. The van der Waals surface area contributed by atoms with Crippen LogP contribution in [0.15, 0.2) is 65.7 Å². The van der Waals surface area contributed by atoms with Crippen LogP contribution in [0.4, 0.5) is 0 Å². The summed E-state index contributed by atoms with van der Waals surface area (Å²) in [6.45, 7) is 0.249. The van der Waals surface area contributed by atoms with Gasteiger partial charge in [0.25, 0.3) is 5.91 Å². The second-order valence-corrected chi connectivity index (χ2v) is 12.7. The predicted molar refractivity (Wildman–Crippen MR) is 177 cm³/mol. The summed E-state index contributed by atoms with van der Waals surface area (Å²) in [4.78, 5) is 57.6. The fourth-order valence-corrected chi connectivity index (χ4v) is 6.67. The van der Waals surface area contributed by atoms with Crippen LogP contribution in [0, 0.1) is 5.92 Å². The van der Waals surface area contributed by atoms with E-state index in [2.05, 4.69) is 20.9 Å². The van der Waals surface area contributed by atoms with Gasteiger partial charge in [-0.15, -0.1) is 11.3 Å². The Kier molecular flexibility index (Phi) is 12.3. The lowest BCUT2D eigenvalue weighted by atomic mass is 9.84. The molecule has 1 fully saturated rings. The first kappa shape index (κ1) is 33.4. The molecule has 1 aliphatic carbocycles. The highest BCUT2D eigenvalue weighted by atomic mass is 32.1. The van der Waals surface area contributed by atoms with Gasteiger partial charge in [0.05, 0.1) is 4.88 Å². The molecule has 3 aromatic rings. The maximum atomic E-state index is 13.9. The summed E-state index contributed by atoms with van der Waals surface area (Å²) in [7, 11) is 0. The minimum Gasteiger partial charge on any atom is -0.370 e. The van der Waals surface area contributed by atoms with Gasteiger partial charge in [-0.2, -0.15) is 0 Å². The predicted octanol–water partition coefficient (Wildman–Crippen LogP) is 2.72. The maximum absolute atomic E-state index is 13.9. The van der Waals surface area contributed by atoms with Crippen molar-refractivity contribution < 1.29 is 19.2 Å². The van der Waals surface area contributed by atoms with E-state index in [1.807, 2.05) is 60.7 Å². The number of guanidine groups is 1. The summed E-state index contributed by atoms with van der Waals surface area (Å²) in [5, 5.41) is 9.50. The Hall–Kier alpha value is -4.45. The summed E-state index contributed by atoms with van der Waals surface area (Å²) >= 11 is 1.37. The summed E-state index contributed by atoms with van der Waals surface area (Å²) < 4.78 is 0.980. The zero-order valence-corrected chi connectivity index (χ0v) is 26.2. The first-order valence-corrected chi connectivity index (χ1v) is 16.3. The van der Waals surface area contributed by atoms with E-state index in [1.165, 1.54) is 11.3 Å². The molecular formula is C33H43N7O4S. The van der Waals surface area contributed by atoms with Crippen LogP contribution in [-0.4, -0.2) is 54.3 Å². The molecule has 1 heterocycles. The molecule has 11 nitrogen and oxygen atoms in total. The fraction of sp³-hybridized carbons (Fsp3) is 0.424. The largest absolute Gasteiger partial charge is 0.370 e. The standard InChI is InChI=1S/C33H43N7O4S/c34-29(41)25(18-21-10-3-1-4-11-21)39-30(42)24(15-9-17-37-33(35)36)38-31(43)26(19-22-12-5-2-6-13-22)40-32(44)28-20-23-14-7-8-16-27(23)45-28/h1,3-4,7-8,10-11,14,16,20,22,24-26H,2,5-6,9,12-13,15,17-19H2,(H2,34,41)(H,38,43)(H,39,42)(H,40,44)(H4,35,36,37)/t24-,25-,26-/m0/s1. The number of benzene rings is 2. The van der Waals surface area contributed by atoms with E-state index in [4.69, 9.17) is 17.2 Å². The average molecular weight is 634 g/mol. The van der Waals surface area contributed by atoms with Crippen molar-refractivity contribution in [2.45, 2.75) is 75.9 Å². The lowest BCUT2D eigenvalue weighted by Gasteiger charge is -2.28. The van der Waals surface area contributed by atoms with Crippen molar-refractivity contribution in [1.29, 1.82) is 0 Å². The summed E-state index contributed by atoms with van der Waals surface area (Å²) in [6, 6.07) is 15.9. The van der Waals surface area contributed by atoms with E-state index in [1.54, 1.807) is 0 Å². The van der Waals surface area contributed by atoms with Gasteiger partial charge in [-0.25, -0.2) is 0 Å². The molecule has 4 amide bonds. The molecule has 0 radical (unpaired) electrons. The van der Waals surface area contributed by atoms with Crippen LogP contribution in [0.3, 0.4) is 0 Å². The Morgan fingerprint density at radius 1 is 0.822 bits per heavy atom. The molecule has 1 aromatic heterocycles. The quantitative estimate of drug-likeness (QED) is 0.0846. The van der Waals surface area contributed by atoms with E-state index >= 15 is 0 Å². The van der Waals surface area contributed by atoms with Crippen molar-refractivity contribution >= 4 is 51.0 Å². The Bertz CT molecular complexity index is 1450. The number of nitrogens with one attached hydrogen (secondary N) is 3. The zero-order chi connectivity index (χ0) is 32.2. The van der Waals surface area contributed by atoms with Crippen LogP contribution in [-0.2, 0) is 20.8 Å². The van der Waals surface area contributed by atoms with Gasteiger partial charge in [0.15, 0.2) is 5.96 Å². The van der Waals surface area contributed by atoms with Gasteiger partial charge in [0.1, 0.15) is 18.1 Å². The molecule has 2 aromatic carbocycles. The lowest BCUT2D eigenvalue weighted by Crippen LogP contribution is -2.57. The third kappa shape index (κ3) is 10.3. The van der Waals surface area contributed by atoms with E-state index in [0.29, 0.717) is 17.7 Å². The van der Waals surface area contributed by atoms with Crippen molar-refractivity contribution in [1.82, 2.24) is 16.0 Å². The molecule has 1 aliphatic rings. The molecule has 240 valence electrons. The van der Waals surface area contributed by atoms with Crippen molar-refractivity contribution in [3.63, 3.8) is 0 Å². The minimum absolute atomic E-state index is 0.0758. The van der Waals surface area contributed by atoms with Crippen molar-refractivity contribution in [2.75, 3.05) is 6.54 Å². The van der Waals surface area contributed by atoms with Gasteiger partial charge < -0.3 is 33.2 Å². The summed E-state index contributed by atoms with van der Waals surface area (Å²) in [5.41, 5.74) is 17.4. The van der Waals surface area contributed by atoms with Gasteiger partial charge in [0.2, 0.25) is 17.7 Å². The third-order valence-corrected chi connectivity index (χ3v) is 9.20. The molecule has 0 bridgehead atoms. The first-order chi connectivity index (χ1) is 21.7. The molecule has 4 rings (SSSR count). The van der Waals surface area contributed by atoms with E-state index in [9.17, 15) is 19.2 Å². The molecule has 0 aliphatic heterocycles. The van der Waals surface area contributed by atoms with E-state index in [-0.39, 0.29) is 37.2 Å². The maximum Gasteiger partial charge on any atom is 0.262 e. The number of nitrogens with zero attached hydrogens (tertiary/aromatic N) is 1. The molecule has 9 N–H and O–H groups in total. The molecule has 3 atom stereocenters. The van der Waals surface area contributed by atoms with Gasteiger partial charge in [0, 0.05) is 17.7 Å². The molecular weight excluding hydrogens is 590 g/mol. The van der Waals surface area contributed by atoms with Gasteiger partial charge in [-0.05, 0) is 48.3 Å². The Morgan fingerprint density at radius 3 is 2.18 bits per heavy atom. The fourth-order valence-electron chi connectivity index (χ4n) is 5.70. The highest BCUT2D eigenvalue weighted by Crippen LogP contribution is 2.29.